The van der Waals surface area contributed by atoms with Crippen LogP contribution in [0.4, 0.5) is 0 Å². The van der Waals surface area contributed by atoms with Crippen molar-refractivity contribution in [2.75, 3.05) is 14.2 Å². The Morgan fingerprint density at radius 3 is 1.55 bits per heavy atom. The molecular formula is C6H11NaO4. The zero-order valence-electron chi connectivity index (χ0n) is 6.21. The first-order chi connectivity index (χ1) is 4.63. The minimum atomic E-state index is -0.824. The van der Waals surface area contributed by atoms with E-state index in [0.29, 0.717) is 0 Å². The average Bonchev–Trinajstić information content (AvgIpc) is 2.00. The topological polar surface area (TPSA) is 52.6 Å². The summed E-state index contributed by atoms with van der Waals surface area (Å²) in [4.78, 5) is 21.2. The molecule has 4 nitrogen and oxygen atoms in total. The van der Waals surface area contributed by atoms with E-state index in [-0.39, 0.29) is 29.6 Å². The molecule has 0 spiro atoms. The number of ether oxygens (including phenoxy) is 2. The van der Waals surface area contributed by atoms with Crippen molar-refractivity contribution in [3.05, 3.63) is 0 Å². The molecule has 0 saturated heterocycles. The van der Waals surface area contributed by atoms with Gasteiger partial charge in [-0.2, -0.15) is 0 Å². The molecule has 0 N–H and O–H groups in total. The van der Waals surface area contributed by atoms with Gasteiger partial charge >= 0.3 is 41.5 Å². The van der Waals surface area contributed by atoms with Gasteiger partial charge in [-0.25, -0.2) is 0 Å². The van der Waals surface area contributed by atoms with Gasteiger partial charge in [-0.3, -0.25) is 9.59 Å². The Morgan fingerprint density at radius 1 is 1.09 bits per heavy atom. The Bertz CT molecular complexity index is 130. The molecule has 0 heterocycles. The molecule has 0 radical (unpaired) electrons. The maximum absolute atomic E-state index is 10.6. The summed E-state index contributed by atoms with van der Waals surface area (Å²) in [7, 11) is 2.45. The van der Waals surface area contributed by atoms with Gasteiger partial charge in [-0.05, 0) is 6.92 Å². The Morgan fingerprint density at radius 2 is 1.36 bits per heavy atom. The quantitative estimate of drug-likeness (QED) is 0.313. The number of carbonyl (C=O) groups is 2. The third-order valence-corrected chi connectivity index (χ3v) is 1.11. The summed E-state index contributed by atoms with van der Waals surface area (Å²) in [6, 6.07) is 0. The molecule has 0 aromatic carbocycles. The number of esters is 2. The molecule has 5 heteroatoms. The van der Waals surface area contributed by atoms with Crippen molar-refractivity contribution < 1.29 is 19.1 Å². The van der Waals surface area contributed by atoms with E-state index in [1.54, 1.807) is 0 Å². The second-order valence-corrected chi connectivity index (χ2v) is 1.77. The van der Waals surface area contributed by atoms with Gasteiger partial charge in [0.05, 0.1) is 14.2 Å². The van der Waals surface area contributed by atoms with Crippen molar-refractivity contribution in [1.82, 2.24) is 0 Å². The standard InChI is InChI=1S/C6H10O4.Na.H/c1-4(5(7)9-2)6(8)10-3;;/h4H,1-3H3;;. The second kappa shape index (κ2) is 6.64. The van der Waals surface area contributed by atoms with Crippen molar-refractivity contribution in [3.8, 4) is 0 Å². The minimum absolute atomic E-state index is 0. The number of rotatable bonds is 2. The van der Waals surface area contributed by atoms with Crippen LogP contribution in [0.25, 0.3) is 0 Å². The van der Waals surface area contributed by atoms with Gasteiger partial charge in [-0.15, -0.1) is 0 Å². The zero-order valence-corrected chi connectivity index (χ0v) is 6.21. The fourth-order valence-corrected chi connectivity index (χ4v) is 0.450. The summed E-state index contributed by atoms with van der Waals surface area (Å²) in [6.07, 6.45) is 0. The molecule has 0 saturated carbocycles. The van der Waals surface area contributed by atoms with E-state index in [1.807, 2.05) is 0 Å². The van der Waals surface area contributed by atoms with Crippen LogP contribution in [0.5, 0.6) is 0 Å². The van der Waals surface area contributed by atoms with E-state index in [0.717, 1.165) is 0 Å². The molecule has 0 unspecified atom stereocenters. The Hall–Kier alpha value is -0.0600. The van der Waals surface area contributed by atoms with E-state index in [1.165, 1.54) is 21.1 Å². The zero-order chi connectivity index (χ0) is 8.15. The number of carbonyl (C=O) groups excluding carboxylic acids is 2. The molecule has 0 rings (SSSR count). The van der Waals surface area contributed by atoms with Gasteiger partial charge in [-0.1, -0.05) is 0 Å². The summed E-state index contributed by atoms with van der Waals surface area (Å²) in [5, 5.41) is 0. The third-order valence-electron chi connectivity index (χ3n) is 1.11. The van der Waals surface area contributed by atoms with Crippen LogP contribution in [0, 0.1) is 5.92 Å². The van der Waals surface area contributed by atoms with Crippen LogP contribution in [0.2, 0.25) is 0 Å². The summed E-state index contributed by atoms with van der Waals surface area (Å²) < 4.78 is 8.59. The van der Waals surface area contributed by atoms with Crippen LogP contribution in [-0.2, 0) is 19.1 Å². The first-order valence-electron chi connectivity index (χ1n) is 2.79. The van der Waals surface area contributed by atoms with Gasteiger partial charge in [0.15, 0.2) is 5.92 Å². The fourth-order valence-electron chi connectivity index (χ4n) is 0.450. The van der Waals surface area contributed by atoms with E-state index in [2.05, 4.69) is 9.47 Å². The van der Waals surface area contributed by atoms with Crippen LogP contribution in [0.15, 0.2) is 0 Å². The molecule has 0 aliphatic carbocycles. The first kappa shape index (κ1) is 13.5. The van der Waals surface area contributed by atoms with Crippen molar-refractivity contribution >= 4 is 41.5 Å². The monoisotopic (exact) mass is 170 g/mol. The molecule has 0 aromatic heterocycles. The van der Waals surface area contributed by atoms with Gasteiger partial charge < -0.3 is 9.47 Å². The van der Waals surface area contributed by atoms with E-state index in [9.17, 15) is 9.59 Å². The van der Waals surface area contributed by atoms with E-state index in [4.69, 9.17) is 0 Å². The summed E-state index contributed by atoms with van der Waals surface area (Å²) in [5.41, 5.74) is 0. The van der Waals surface area contributed by atoms with E-state index >= 15 is 0 Å². The summed E-state index contributed by atoms with van der Waals surface area (Å²) >= 11 is 0. The molecule has 0 aromatic rings. The SMILES string of the molecule is COC(=O)C(C)C(=O)OC.[NaH]. The molecule has 0 atom stereocenters. The second-order valence-electron chi connectivity index (χ2n) is 1.77. The molecular weight excluding hydrogens is 159 g/mol. The van der Waals surface area contributed by atoms with Crippen LogP contribution >= 0.6 is 0 Å². The number of methoxy groups -OCH3 is 2. The van der Waals surface area contributed by atoms with Crippen LogP contribution in [-0.4, -0.2) is 55.7 Å². The van der Waals surface area contributed by atoms with Crippen molar-refractivity contribution in [2.45, 2.75) is 6.92 Å². The van der Waals surface area contributed by atoms with Gasteiger partial charge in [0, 0.05) is 0 Å². The number of hydrogen-bond donors (Lipinski definition) is 0. The molecule has 0 aliphatic rings. The Balaban J connectivity index is 0. The predicted molar refractivity (Wildman–Crippen MR) is 40.3 cm³/mol. The molecule has 0 amide bonds. The molecule has 0 fully saturated rings. The van der Waals surface area contributed by atoms with Crippen molar-refractivity contribution in [3.63, 3.8) is 0 Å². The molecule has 60 valence electrons. The predicted octanol–water partition coefficient (Wildman–Crippen LogP) is -0.680. The summed E-state index contributed by atoms with van der Waals surface area (Å²) in [5.74, 6) is -1.98. The van der Waals surface area contributed by atoms with Crippen molar-refractivity contribution in [1.29, 1.82) is 0 Å². The number of hydrogen-bond acceptors (Lipinski definition) is 4. The van der Waals surface area contributed by atoms with Gasteiger partial charge in [0.25, 0.3) is 0 Å². The Labute approximate surface area is 87.5 Å². The summed E-state index contributed by atoms with van der Waals surface area (Å²) in [6.45, 7) is 1.43. The third kappa shape index (κ3) is 4.40. The van der Waals surface area contributed by atoms with Crippen molar-refractivity contribution in [2.24, 2.45) is 5.92 Å². The van der Waals surface area contributed by atoms with Gasteiger partial charge in [0.2, 0.25) is 0 Å². The van der Waals surface area contributed by atoms with Crippen LogP contribution in [0.1, 0.15) is 6.92 Å². The van der Waals surface area contributed by atoms with Gasteiger partial charge in [0.1, 0.15) is 0 Å². The van der Waals surface area contributed by atoms with Crippen LogP contribution in [0.3, 0.4) is 0 Å². The average molecular weight is 170 g/mol. The molecule has 0 bridgehead atoms. The fraction of sp³-hybridized carbons (Fsp3) is 0.667. The molecule has 0 aliphatic heterocycles. The molecule has 11 heavy (non-hydrogen) atoms. The van der Waals surface area contributed by atoms with E-state index < -0.39 is 17.9 Å². The maximum atomic E-state index is 10.6. The Kier molecular flexibility index (Phi) is 8.16. The normalized spacial score (nSPS) is 8.36. The first-order valence-corrected chi connectivity index (χ1v) is 2.79. The van der Waals surface area contributed by atoms with Crippen LogP contribution < -0.4 is 0 Å².